The summed E-state index contributed by atoms with van der Waals surface area (Å²) in [5.74, 6) is -0.556. The second-order valence-electron chi connectivity index (χ2n) is 6.05. The number of nitro benzene ring substituents is 1. The van der Waals surface area contributed by atoms with Gasteiger partial charge in [-0.05, 0) is 36.2 Å². The van der Waals surface area contributed by atoms with Crippen LogP contribution in [-0.4, -0.2) is 15.4 Å². The first-order valence-corrected chi connectivity index (χ1v) is 8.25. The molecule has 136 valence electrons. The van der Waals surface area contributed by atoms with E-state index in [0.29, 0.717) is 17.8 Å². The molecule has 0 aliphatic heterocycles. The van der Waals surface area contributed by atoms with Crippen molar-refractivity contribution >= 4 is 17.3 Å². The molecule has 0 bridgehead atoms. The van der Waals surface area contributed by atoms with Crippen LogP contribution in [-0.2, 0) is 6.54 Å². The van der Waals surface area contributed by atoms with E-state index in [0.717, 1.165) is 5.56 Å². The zero-order valence-electron chi connectivity index (χ0n) is 14.6. The summed E-state index contributed by atoms with van der Waals surface area (Å²) in [6, 6.07) is 16.7. The average Bonchev–Trinajstić information content (AvgIpc) is 2.65. The summed E-state index contributed by atoms with van der Waals surface area (Å²) in [5.41, 5.74) is 1.45. The molecule has 7 heteroatoms. The van der Waals surface area contributed by atoms with Crippen molar-refractivity contribution in [1.29, 1.82) is 0 Å². The van der Waals surface area contributed by atoms with Gasteiger partial charge in [-0.2, -0.15) is 0 Å². The molecule has 0 aliphatic rings. The van der Waals surface area contributed by atoms with Gasteiger partial charge in [0, 0.05) is 24.0 Å². The molecule has 1 aromatic heterocycles. The van der Waals surface area contributed by atoms with Crippen molar-refractivity contribution in [3.05, 3.63) is 104 Å². The Morgan fingerprint density at radius 2 is 1.85 bits per heavy atom. The highest BCUT2D eigenvalue weighted by molar-refractivity contribution is 6.04. The summed E-state index contributed by atoms with van der Waals surface area (Å²) < 4.78 is 1.47. The summed E-state index contributed by atoms with van der Waals surface area (Å²) in [6.45, 7) is 2.01. The van der Waals surface area contributed by atoms with Crippen molar-refractivity contribution in [3.63, 3.8) is 0 Å². The predicted molar refractivity (Wildman–Crippen MR) is 102 cm³/mol. The fourth-order valence-electron chi connectivity index (χ4n) is 2.71. The van der Waals surface area contributed by atoms with Gasteiger partial charge in [0.1, 0.15) is 5.56 Å². The van der Waals surface area contributed by atoms with Crippen molar-refractivity contribution in [3.8, 4) is 0 Å². The van der Waals surface area contributed by atoms with Gasteiger partial charge in [-0.3, -0.25) is 19.7 Å². The lowest BCUT2D eigenvalue weighted by molar-refractivity contribution is -0.384. The number of aromatic nitrogens is 1. The number of nitro groups is 1. The fourth-order valence-corrected chi connectivity index (χ4v) is 2.71. The maximum absolute atomic E-state index is 12.6. The number of hydrogen-bond acceptors (Lipinski definition) is 4. The molecule has 1 amide bonds. The van der Waals surface area contributed by atoms with E-state index in [4.69, 9.17) is 0 Å². The quantitative estimate of drug-likeness (QED) is 0.555. The molecular formula is C20H17N3O4. The molecule has 0 atom stereocenters. The number of carbonyl (C=O) groups excluding carboxylic acids is 1. The SMILES string of the molecule is Cc1cc([N+](=O)[O-])ccc1NC(=O)c1cccn(Cc2ccccc2)c1=O. The van der Waals surface area contributed by atoms with Crippen LogP contribution in [0.5, 0.6) is 0 Å². The largest absolute Gasteiger partial charge is 0.322 e. The Morgan fingerprint density at radius 1 is 1.11 bits per heavy atom. The lowest BCUT2D eigenvalue weighted by Gasteiger charge is -2.10. The van der Waals surface area contributed by atoms with Crippen molar-refractivity contribution in [2.24, 2.45) is 0 Å². The average molecular weight is 363 g/mol. The van der Waals surface area contributed by atoms with Gasteiger partial charge in [0.2, 0.25) is 0 Å². The molecule has 7 nitrogen and oxygen atoms in total. The lowest BCUT2D eigenvalue weighted by Crippen LogP contribution is -2.29. The molecule has 27 heavy (non-hydrogen) atoms. The molecule has 3 aromatic rings. The first-order valence-electron chi connectivity index (χ1n) is 8.25. The number of carbonyl (C=O) groups is 1. The van der Waals surface area contributed by atoms with E-state index in [1.54, 1.807) is 19.2 Å². The minimum absolute atomic E-state index is 0.00573. The van der Waals surface area contributed by atoms with Crippen LogP contribution in [0.3, 0.4) is 0 Å². The number of pyridine rings is 1. The number of hydrogen-bond donors (Lipinski definition) is 1. The summed E-state index contributed by atoms with van der Waals surface area (Å²) >= 11 is 0. The van der Waals surface area contributed by atoms with E-state index in [1.165, 1.54) is 28.8 Å². The molecule has 0 unspecified atom stereocenters. The lowest BCUT2D eigenvalue weighted by atomic mass is 10.1. The number of non-ortho nitro benzene ring substituents is 1. The summed E-state index contributed by atoms with van der Waals surface area (Å²) in [6.07, 6.45) is 1.63. The Bertz CT molecular complexity index is 1060. The van der Waals surface area contributed by atoms with Gasteiger partial charge in [-0.1, -0.05) is 30.3 Å². The van der Waals surface area contributed by atoms with Gasteiger partial charge >= 0.3 is 0 Å². The number of amides is 1. The summed E-state index contributed by atoms with van der Waals surface area (Å²) in [7, 11) is 0. The Morgan fingerprint density at radius 3 is 2.52 bits per heavy atom. The number of aryl methyl sites for hydroxylation is 1. The number of benzene rings is 2. The molecule has 0 spiro atoms. The first kappa shape index (κ1) is 18.1. The van der Waals surface area contributed by atoms with Gasteiger partial charge in [0.15, 0.2) is 0 Å². The van der Waals surface area contributed by atoms with Crippen LogP contribution in [0.15, 0.2) is 71.7 Å². The monoisotopic (exact) mass is 363 g/mol. The van der Waals surface area contributed by atoms with Crippen LogP contribution in [0, 0.1) is 17.0 Å². The van der Waals surface area contributed by atoms with Gasteiger partial charge in [-0.15, -0.1) is 0 Å². The topological polar surface area (TPSA) is 94.2 Å². The van der Waals surface area contributed by atoms with Crippen molar-refractivity contribution in [1.82, 2.24) is 4.57 Å². The first-order chi connectivity index (χ1) is 13.0. The van der Waals surface area contributed by atoms with Crippen LogP contribution < -0.4 is 10.9 Å². The Balaban J connectivity index is 1.84. The highest BCUT2D eigenvalue weighted by Crippen LogP contribution is 2.21. The normalized spacial score (nSPS) is 10.4. The van der Waals surface area contributed by atoms with E-state index < -0.39 is 16.4 Å². The van der Waals surface area contributed by atoms with Crippen LogP contribution in [0.25, 0.3) is 0 Å². The van der Waals surface area contributed by atoms with Crippen molar-refractivity contribution < 1.29 is 9.72 Å². The molecule has 3 rings (SSSR count). The second kappa shape index (κ2) is 7.65. The van der Waals surface area contributed by atoms with E-state index in [9.17, 15) is 19.7 Å². The third-order valence-electron chi connectivity index (χ3n) is 4.13. The smallest absolute Gasteiger partial charge is 0.269 e. The van der Waals surface area contributed by atoms with E-state index in [-0.39, 0.29) is 11.3 Å². The fraction of sp³-hybridized carbons (Fsp3) is 0.100. The third-order valence-corrected chi connectivity index (χ3v) is 4.13. The summed E-state index contributed by atoms with van der Waals surface area (Å²) in [5, 5.41) is 13.5. The van der Waals surface area contributed by atoms with E-state index >= 15 is 0 Å². The second-order valence-corrected chi connectivity index (χ2v) is 6.05. The zero-order chi connectivity index (χ0) is 19.4. The number of nitrogens with zero attached hydrogens (tertiary/aromatic N) is 2. The minimum Gasteiger partial charge on any atom is -0.322 e. The number of rotatable bonds is 5. The van der Waals surface area contributed by atoms with Gasteiger partial charge in [0.25, 0.3) is 17.2 Å². The van der Waals surface area contributed by atoms with E-state index in [2.05, 4.69) is 5.32 Å². The molecule has 0 saturated heterocycles. The molecule has 0 fully saturated rings. The molecule has 1 N–H and O–H groups in total. The van der Waals surface area contributed by atoms with Gasteiger partial charge < -0.3 is 9.88 Å². The standard InChI is InChI=1S/C20H17N3O4/c1-14-12-16(23(26)27)9-10-18(14)21-19(24)17-8-5-11-22(20(17)25)13-15-6-3-2-4-7-15/h2-12H,13H2,1H3,(H,21,24). The molecule has 0 saturated carbocycles. The van der Waals surface area contributed by atoms with Crippen molar-refractivity contribution in [2.75, 3.05) is 5.32 Å². The summed E-state index contributed by atoms with van der Waals surface area (Å²) in [4.78, 5) is 35.5. The highest BCUT2D eigenvalue weighted by Gasteiger charge is 2.15. The zero-order valence-corrected chi connectivity index (χ0v) is 14.6. The molecular weight excluding hydrogens is 346 g/mol. The molecule has 0 aliphatic carbocycles. The molecule has 0 radical (unpaired) electrons. The Hall–Kier alpha value is -3.74. The highest BCUT2D eigenvalue weighted by atomic mass is 16.6. The number of anilines is 1. The molecule has 1 heterocycles. The van der Waals surface area contributed by atoms with Crippen LogP contribution in [0.2, 0.25) is 0 Å². The van der Waals surface area contributed by atoms with Crippen LogP contribution in [0.4, 0.5) is 11.4 Å². The van der Waals surface area contributed by atoms with E-state index in [1.807, 2.05) is 30.3 Å². The molecule has 2 aromatic carbocycles. The van der Waals surface area contributed by atoms with Crippen LogP contribution in [0.1, 0.15) is 21.5 Å². The van der Waals surface area contributed by atoms with Crippen LogP contribution >= 0.6 is 0 Å². The van der Waals surface area contributed by atoms with Crippen molar-refractivity contribution in [2.45, 2.75) is 13.5 Å². The predicted octanol–water partition coefficient (Wildman–Crippen LogP) is 3.37. The maximum Gasteiger partial charge on any atom is 0.269 e. The Labute approximate surface area is 155 Å². The number of nitrogens with one attached hydrogen (secondary N) is 1. The Kier molecular flexibility index (Phi) is 5.12. The third kappa shape index (κ3) is 4.09. The van der Waals surface area contributed by atoms with Gasteiger partial charge in [0.05, 0.1) is 11.5 Å². The maximum atomic E-state index is 12.6. The minimum atomic E-state index is -0.556. The van der Waals surface area contributed by atoms with Gasteiger partial charge in [-0.25, -0.2) is 0 Å².